The van der Waals surface area contributed by atoms with Gasteiger partial charge in [0.1, 0.15) is 0 Å². The molecule has 8 rings (SSSR count). The van der Waals surface area contributed by atoms with Crippen molar-refractivity contribution in [2.24, 2.45) is 14.1 Å². The zero-order valence-corrected chi connectivity index (χ0v) is 29.4. The summed E-state index contributed by atoms with van der Waals surface area (Å²) < 4.78 is 10.6. The number of nitrogens with zero attached hydrogens (tertiary/aromatic N) is 3. The molecule has 0 spiro atoms. The van der Waals surface area contributed by atoms with Crippen LogP contribution in [0.25, 0.3) is 49.9 Å². The van der Waals surface area contributed by atoms with E-state index in [1.165, 1.54) is 0 Å². The van der Waals surface area contributed by atoms with Crippen LogP contribution in [0.5, 0.6) is 5.88 Å². The maximum absolute atomic E-state index is 13.3. The number of hydrogen-bond donors (Lipinski definition) is 3. The van der Waals surface area contributed by atoms with Gasteiger partial charge in [-0.1, -0.05) is 24.3 Å². The Balaban J connectivity index is 1.16. The van der Waals surface area contributed by atoms with E-state index in [1.54, 1.807) is 12.3 Å². The molecule has 6 aromatic rings. The van der Waals surface area contributed by atoms with Gasteiger partial charge in [0, 0.05) is 89.3 Å². The summed E-state index contributed by atoms with van der Waals surface area (Å²) in [7, 11) is 4.02. The molecule has 0 radical (unpaired) electrons. The van der Waals surface area contributed by atoms with Crippen LogP contribution in [0.15, 0.2) is 90.2 Å². The average molecular weight is 681 g/mol. The van der Waals surface area contributed by atoms with Gasteiger partial charge in [-0.3, -0.25) is 14.4 Å². The summed E-state index contributed by atoms with van der Waals surface area (Å²) in [4.78, 5) is 46.9. The molecular formula is C41H40N6O4. The monoisotopic (exact) mass is 680 g/mol. The van der Waals surface area contributed by atoms with Gasteiger partial charge < -0.3 is 29.5 Å². The first-order valence-corrected chi connectivity index (χ1v) is 17.3. The molecule has 0 aliphatic carbocycles. The highest BCUT2D eigenvalue weighted by atomic mass is 16.5. The van der Waals surface area contributed by atoms with Gasteiger partial charge in [-0.05, 0) is 87.2 Å². The molecule has 0 unspecified atom stereocenters. The van der Waals surface area contributed by atoms with Crippen LogP contribution in [0.1, 0.15) is 50.3 Å². The van der Waals surface area contributed by atoms with E-state index in [4.69, 9.17) is 9.72 Å². The second kappa shape index (κ2) is 11.9. The molecule has 3 N–H and O–H groups in total. The SMILES string of the molecule is C/C(=C\Oc1nc(-c2ccc3c(ccn3C)c2)ccc1[C@@]1(C)CCNC1=O)c1cn(C)c2ccc(-c3ccc([C@@]4(C)CCNC4=O)c(=O)[nH]3)cc12. The lowest BCUT2D eigenvalue weighted by Crippen LogP contribution is -2.37. The highest BCUT2D eigenvalue weighted by Crippen LogP contribution is 2.39. The largest absolute Gasteiger partial charge is 0.446 e. The number of benzene rings is 2. The van der Waals surface area contributed by atoms with Crippen LogP contribution in [0.4, 0.5) is 0 Å². The summed E-state index contributed by atoms with van der Waals surface area (Å²) in [5.74, 6) is 0.230. The van der Waals surface area contributed by atoms with Gasteiger partial charge in [-0.15, -0.1) is 0 Å². The van der Waals surface area contributed by atoms with Crippen LogP contribution >= 0.6 is 0 Å². The van der Waals surface area contributed by atoms with Gasteiger partial charge in [-0.25, -0.2) is 4.98 Å². The first kappa shape index (κ1) is 32.3. The molecule has 10 heteroatoms. The molecule has 6 heterocycles. The van der Waals surface area contributed by atoms with E-state index in [1.807, 2.05) is 71.4 Å². The van der Waals surface area contributed by atoms with Crippen LogP contribution in [0.2, 0.25) is 0 Å². The molecule has 2 fully saturated rings. The quantitative estimate of drug-likeness (QED) is 0.177. The van der Waals surface area contributed by atoms with Crippen molar-refractivity contribution in [3.8, 4) is 28.4 Å². The zero-order valence-electron chi connectivity index (χ0n) is 29.4. The number of H-pyrrole nitrogens is 1. The van der Waals surface area contributed by atoms with Crippen LogP contribution in [0.3, 0.4) is 0 Å². The lowest BCUT2D eigenvalue weighted by atomic mass is 9.81. The second-order valence-corrected chi connectivity index (χ2v) is 14.3. The number of fused-ring (bicyclic) bond motifs is 2. The molecule has 10 nitrogen and oxygen atoms in total. The standard InChI is InChI=1S/C41H40N6O4/c1-24(29-22-47(5)35-13-7-26(21-28(29)35)32-10-8-30(36(48)44-32)40(2)15-17-42-38(40)49)23-51-37-31(41(3)16-18-43-39(41)50)9-11-33(45-37)25-6-12-34-27(20-25)14-19-46(34)4/h6-14,19-23H,15-18H2,1-5H3,(H,42,49)(H,43,50)(H,44,48)/b24-23+/t40-,41-/m1/s1. The maximum Gasteiger partial charge on any atom is 0.252 e. The topological polar surface area (TPSA) is 123 Å². The maximum atomic E-state index is 13.3. The van der Waals surface area contributed by atoms with Crippen molar-refractivity contribution >= 4 is 39.2 Å². The minimum absolute atomic E-state index is 0.0402. The van der Waals surface area contributed by atoms with E-state index < -0.39 is 10.8 Å². The fourth-order valence-electron chi connectivity index (χ4n) is 7.69. The number of carbonyl (C=O) groups excluding carboxylic acids is 2. The summed E-state index contributed by atoms with van der Waals surface area (Å²) in [6.07, 6.45) is 7.02. The van der Waals surface area contributed by atoms with Crippen molar-refractivity contribution in [2.45, 2.75) is 44.4 Å². The van der Waals surface area contributed by atoms with E-state index in [-0.39, 0.29) is 17.4 Å². The lowest BCUT2D eigenvalue weighted by molar-refractivity contribution is -0.124. The molecule has 2 aliphatic heterocycles. The van der Waals surface area contributed by atoms with Gasteiger partial charge in [0.05, 0.1) is 22.8 Å². The minimum Gasteiger partial charge on any atom is -0.446 e. The highest BCUT2D eigenvalue weighted by Gasteiger charge is 2.42. The van der Waals surface area contributed by atoms with E-state index in [2.05, 4.69) is 61.3 Å². The number of aryl methyl sites for hydroxylation is 2. The molecule has 4 aromatic heterocycles. The average Bonchev–Trinajstić information content (AvgIpc) is 3.88. The number of allylic oxidation sites excluding steroid dienone is 1. The van der Waals surface area contributed by atoms with E-state index in [0.29, 0.717) is 43.1 Å². The molecule has 2 aromatic carbocycles. The number of aromatic amines is 1. The van der Waals surface area contributed by atoms with Crippen molar-refractivity contribution in [3.63, 3.8) is 0 Å². The fourth-order valence-corrected chi connectivity index (χ4v) is 7.69. The van der Waals surface area contributed by atoms with Gasteiger partial charge >= 0.3 is 0 Å². The Hall–Kier alpha value is -5.90. The lowest BCUT2D eigenvalue weighted by Gasteiger charge is -2.23. The summed E-state index contributed by atoms with van der Waals surface area (Å²) in [6, 6.07) is 22.0. The Bertz CT molecular complexity index is 2500. The van der Waals surface area contributed by atoms with Crippen molar-refractivity contribution in [3.05, 3.63) is 112 Å². The van der Waals surface area contributed by atoms with Crippen LogP contribution in [-0.4, -0.2) is 44.0 Å². The fraction of sp³-hybridized carbons (Fsp3) is 0.268. The van der Waals surface area contributed by atoms with Crippen molar-refractivity contribution < 1.29 is 14.3 Å². The van der Waals surface area contributed by atoms with E-state index in [9.17, 15) is 14.4 Å². The number of rotatable bonds is 7. The third kappa shape index (κ3) is 5.24. The molecule has 2 amide bonds. The van der Waals surface area contributed by atoms with Gasteiger partial charge in [-0.2, -0.15) is 0 Å². The number of hydrogen-bond acceptors (Lipinski definition) is 5. The van der Waals surface area contributed by atoms with Gasteiger partial charge in [0.15, 0.2) is 0 Å². The molecule has 51 heavy (non-hydrogen) atoms. The number of aromatic nitrogens is 4. The van der Waals surface area contributed by atoms with Gasteiger partial charge in [0.25, 0.3) is 5.56 Å². The number of nitrogens with one attached hydrogen (secondary N) is 3. The first-order valence-electron chi connectivity index (χ1n) is 17.3. The zero-order chi connectivity index (χ0) is 35.7. The van der Waals surface area contributed by atoms with E-state index in [0.717, 1.165) is 55.3 Å². The van der Waals surface area contributed by atoms with Gasteiger partial charge in [0.2, 0.25) is 17.7 Å². The Morgan fingerprint density at radius 2 is 1.49 bits per heavy atom. The molecule has 258 valence electrons. The molecule has 0 saturated carbocycles. The second-order valence-electron chi connectivity index (χ2n) is 14.3. The Morgan fingerprint density at radius 1 is 0.804 bits per heavy atom. The highest BCUT2D eigenvalue weighted by molar-refractivity contribution is 5.95. The number of carbonyl (C=O) groups is 2. The molecular weight excluding hydrogens is 640 g/mol. The number of amides is 2. The number of ether oxygens (including phenoxy) is 1. The summed E-state index contributed by atoms with van der Waals surface area (Å²) in [6.45, 7) is 6.90. The number of pyridine rings is 2. The summed E-state index contributed by atoms with van der Waals surface area (Å²) in [5.41, 5.74) is 6.55. The van der Waals surface area contributed by atoms with Crippen LogP contribution in [0, 0.1) is 0 Å². The van der Waals surface area contributed by atoms with Crippen molar-refractivity contribution in [1.29, 1.82) is 0 Å². The predicted molar refractivity (Wildman–Crippen MR) is 199 cm³/mol. The predicted octanol–water partition coefficient (Wildman–Crippen LogP) is 6.08. The minimum atomic E-state index is -0.840. The third-order valence-corrected chi connectivity index (χ3v) is 11.0. The molecule has 2 atom stereocenters. The van der Waals surface area contributed by atoms with Crippen molar-refractivity contribution in [1.82, 2.24) is 29.7 Å². The molecule has 0 bridgehead atoms. The van der Waals surface area contributed by atoms with E-state index >= 15 is 0 Å². The Morgan fingerprint density at radius 3 is 2.20 bits per heavy atom. The Kier molecular flexibility index (Phi) is 7.52. The summed E-state index contributed by atoms with van der Waals surface area (Å²) >= 11 is 0. The summed E-state index contributed by atoms with van der Waals surface area (Å²) in [5, 5.41) is 7.93. The smallest absolute Gasteiger partial charge is 0.252 e. The first-order chi connectivity index (χ1) is 24.5. The van der Waals surface area contributed by atoms with Crippen LogP contribution < -0.4 is 20.9 Å². The molecule has 2 aliphatic rings. The van der Waals surface area contributed by atoms with Crippen molar-refractivity contribution in [2.75, 3.05) is 13.1 Å². The Labute approximate surface area is 295 Å². The third-order valence-electron chi connectivity index (χ3n) is 11.0. The molecule has 2 saturated heterocycles. The van der Waals surface area contributed by atoms with Crippen LogP contribution in [-0.2, 0) is 34.5 Å². The normalized spacial score (nSPS) is 20.7.